The number of hydrogen-bond acceptors (Lipinski definition) is 0. The first-order chi connectivity index (χ1) is 9.34. The van der Waals surface area contributed by atoms with Crippen molar-refractivity contribution in [3.63, 3.8) is 0 Å². The molecular weight excluding hydrogens is 466 g/mol. The third-order valence-electron chi connectivity index (χ3n) is 4.10. The van der Waals surface area contributed by atoms with Crippen molar-refractivity contribution in [2.24, 2.45) is 0 Å². The number of allylic oxidation sites excluding steroid dienone is 4. The molecule has 2 aliphatic carbocycles. The van der Waals surface area contributed by atoms with E-state index in [1.807, 2.05) is 0 Å². The van der Waals surface area contributed by atoms with Crippen molar-refractivity contribution >= 4 is 33.7 Å². The molecule has 0 saturated carbocycles. The molecule has 0 aliphatic heterocycles. The summed E-state index contributed by atoms with van der Waals surface area (Å²) in [5.74, 6) is 0. The Hall–Kier alpha value is -0.630. The van der Waals surface area contributed by atoms with Gasteiger partial charge in [0.2, 0.25) is 0 Å². The monoisotopic (exact) mass is 481 g/mol. The van der Waals surface area contributed by atoms with Crippen molar-refractivity contribution in [1.29, 1.82) is 0 Å². The summed E-state index contributed by atoms with van der Waals surface area (Å²) >= 11 is 1.12. The van der Waals surface area contributed by atoms with Gasteiger partial charge in [0.1, 0.15) is 0 Å². The topological polar surface area (TPSA) is 0 Å². The van der Waals surface area contributed by atoms with Gasteiger partial charge in [-0.3, -0.25) is 0 Å². The minimum absolute atomic E-state index is 0. The van der Waals surface area contributed by atoms with Crippen molar-refractivity contribution < 1.29 is 24.4 Å². The second-order valence-electron chi connectivity index (χ2n) is 5.17. The fourth-order valence-corrected chi connectivity index (χ4v) is 4.80. The first-order valence-electron chi connectivity index (χ1n) is 6.66. The Balaban J connectivity index is 0.000000807. The van der Waals surface area contributed by atoms with Gasteiger partial charge in [-0.25, -0.2) is 0 Å². The second kappa shape index (κ2) is 6.64. The molecule has 0 bridgehead atoms. The average Bonchev–Trinajstić information content (AvgIpc) is 3.06. The molecule has 4 rings (SSSR count). The molecular formula is C18H15Cl2Hf. The third-order valence-corrected chi connectivity index (χ3v) is 6.16. The van der Waals surface area contributed by atoms with Crippen LogP contribution in [0.3, 0.4) is 0 Å². The summed E-state index contributed by atoms with van der Waals surface area (Å²) < 4.78 is 1.60. The van der Waals surface area contributed by atoms with Crippen molar-refractivity contribution in [2.75, 3.05) is 0 Å². The second-order valence-corrected chi connectivity index (χ2v) is 6.97. The summed E-state index contributed by atoms with van der Waals surface area (Å²) in [6.07, 6.45) is 8.92. The van der Waals surface area contributed by atoms with E-state index in [0.29, 0.717) is 0 Å². The summed E-state index contributed by atoms with van der Waals surface area (Å²) in [5.41, 5.74) is 8.96. The molecule has 0 N–H and O–H groups in total. The zero-order chi connectivity index (χ0) is 12.8. The predicted molar refractivity (Wildman–Crippen MR) is 90.5 cm³/mol. The van der Waals surface area contributed by atoms with E-state index in [-0.39, 0.29) is 24.8 Å². The molecule has 0 fully saturated rings. The van der Waals surface area contributed by atoms with Crippen LogP contribution in [0.1, 0.15) is 23.1 Å². The van der Waals surface area contributed by atoms with Crippen molar-refractivity contribution in [2.45, 2.75) is 12.8 Å². The Morgan fingerprint density at radius 2 is 1.62 bits per heavy atom. The Labute approximate surface area is 152 Å². The molecule has 21 heavy (non-hydrogen) atoms. The molecule has 0 radical (unpaired) electrons. The van der Waals surface area contributed by atoms with E-state index in [1.54, 1.807) is 8.88 Å². The molecule has 2 aliphatic rings. The zero-order valence-corrected chi connectivity index (χ0v) is 16.7. The Bertz CT molecular complexity index is 745. The molecule has 105 valence electrons. The Kier molecular flexibility index (Phi) is 5.29. The quantitative estimate of drug-likeness (QED) is 0.446. The van der Waals surface area contributed by atoms with Crippen LogP contribution in [0.25, 0.3) is 16.7 Å². The summed E-state index contributed by atoms with van der Waals surface area (Å²) in [6, 6.07) is 13.5. The predicted octanol–water partition coefficient (Wildman–Crippen LogP) is 4.62. The van der Waals surface area contributed by atoms with Gasteiger partial charge < -0.3 is 0 Å². The van der Waals surface area contributed by atoms with Crippen LogP contribution in [-0.4, -0.2) is 0 Å². The van der Waals surface area contributed by atoms with Gasteiger partial charge in [-0.1, -0.05) is 0 Å². The van der Waals surface area contributed by atoms with Crippen molar-refractivity contribution in [3.05, 3.63) is 71.3 Å². The minimum atomic E-state index is 0. The van der Waals surface area contributed by atoms with Crippen LogP contribution >= 0.6 is 24.8 Å². The molecule has 0 aromatic heterocycles. The number of halogens is 2. The van der Waals surface area contributed by atoms with Crippen LogP contribution in [0, 0.1) is 0 Å². The van der Waals surface area contributed by atoms with Crippen LogP contribution in [0.2, 0.25) is 0 Å². The molecule has 0 nitrogen and oxygen atoms in total. The number of benzene rings is 2. The molecule has 0 atom stereocenters. The van der Waals surface area contributed by atoms with Gasteiger partial charge in [-0.05, 0) is 0 Å². The number of rotatable bonds is 1. The van der Waals surface area contributed by atoms with E-state index in [9.17, 15) is 0 Å². The van der Waals surface area contributed by atoms with E-state index < -0.39 is 0 Å². The van der Waals surface area contributed by atoms with Gasteiger partial charge in [-0.2, -0.15) is 0 Å². The molecule has 3 heteroatoms. The molecule has 2 aromatic carbocycles. The van der Waals surface area contributed by atoms with Gasteiger partial charge >= 0.3 is 129 Å². The SMILES string of the molecule is Cl.Cl.[Hf][c]1c(C2=CC=CC2)ccc2c1Cc1ccccc1-2. The fraction of sp³-hybridized carbons (Fsp3) is 0.111. The molecule has 0 amide bonds. The van der Waals surface area contributed by atoms with E-state index in [2.05, 4.69) is 54.6 Å². The van der Waals surface area contributed by atoms with Gasteiger partial charge in [0.25, 0.3) is 0 Å². The summed E-state index contributed by atoms with van der Waals surface area (Å²) in [4.78, 5) is 0. The zero-order valence-electron chi connectivity index (χ0n) is 11.4. The van der Waals surface area contributed by atoms with Crippen LogP contribution in [0.5, 0.6) is 0 Å². The van der Waals surface area contributed by atoms with Gasteiger partial charge in [-0.15, -0.1) is 24.8 Å². The first-order valence-corrected chi connectivity index (χ1v) is 8.46. The fourth-order valence-electron chi connectivity index (χ4n) is 3.13. The molecule has 0 spiro atoms. The summed E-state index contributed by atoms with van der Waals surface area (Å²) in [7, 11) is 0. The maximum absolute atomic E-state index is 2.34. The van der Waals surface area contributed by atoms with E-state index >= 15 is 0 Å². The van der Waals surface area contributed by atoms with E-state index in [4.69, 9.17) is 0 Å². The van der Waals surface area contributed by atoms with Crippen molar-refractivity contribution in [1.82, 2.24) is 0 Å². The van der Waals surface area contributed by atoms with Crippen LogP contribution in [0.4, 0.5) is 0 Å². The van der Waals surface area contributed by atoms with Crippen molar-refractivity contribution in [3.8, 4) is 11.1 Å². The molecule has 0 unspecified atom stereocenters. The number of fused-ring (bicyclic) bond motifs is 3. The van der Waals surface area contributed by atoms with Crippen LogP contribution in [-0.2, 0) is 30.8 Å². The van der Waals surface area contributed by atoms with Crippen LogP contribution < -0.4 is 3.32 Å². The first kappa shape index (κ1) is 16.7. The molecule has 0 saturated heterocycles. The maximum atomic E-state index is 2.34. The Morgan fingerprint density at radius 1 is 0.857 bits per heavy atom. The van der Waals surface area contributed by atoms with E-state index in [1.165, 1.54) is 27.8 Å². The third kappa shape index (κ3) is 2.72. The summed E-state index contributed by atoms with van der Waals surface area (Å²) in [6.45, 7) is 0. The van der Waals surface area contributed by atoms with E-state index in [0.717, 1.165) is 37.2 Å². The van der Waals surface area contributed by atoms with Gasteiger partial charge in [0, 0.05) is 0 Å². The molecule has 0 heterocycles. The van der Waals surface area contributed by atoms with Gasteiger partial charge in [0.05, 0.1) is 0 Å². The number of hydrogen-bond donors (Lipinski definition) is 0. The standard InChI is InChI=1S/C18H13.2ClH.Hf/c1-2-6-13(5-1)14-9-10-18-16(11-14)12-15-7-3-4-8-17(15)18;;;/h1-5,7-10H,6,12H2;2*1H;. The average molecular weight is 481 g/mol. The molecule has 2 aromatic rings. The normalized spacial score (nSPS) is 13.8. The van der Waals surface area contributed by atoms with Crippen LogP contribution in [0.15, 0.2) is 54.6 Å². The summed E-state index contributed by atoms with van der Waals surface area (Å²) in [5, 5.41) is 0. The Morgan fingerprint density at radius 3 is 2.38 bits per heavy atom. The van der Waals surface area contributed by atoms with Gasteiger partial charge in [0.15, 0.2) is 0 Å².